The molecule has 1 unspecified atom stereocenters. The number of alkyl halides is 1. The Hall–Kier alpha value is -2.37. The van der Waals surface area contributed by atoms with Gasteiger partial charge in [-0.3, -0.25) is 0 Å². The van der Waals surface area contributed by atoms with E-state index in [1.54, 1.807) is 13.0 Å². The number of rotatable bonds is 2. The molecule has 0 aliphatic carbocycles. The molecule has 0 N–H and O–H groups in total. The van der Waals surface area contributed by atoms with Crippen LogP contribution in [0.4, 0.5) is 4.39 Å². The van der Waals surface area contributed by atoms with Gasteiger partial charge in [-0.15, -0.1) is 0 Å². The lowest BCUT2D eigenvalue weighted by Crippen LogP contribution is -2.07. The SMILES string of the molecule is CC.CCOC(=O)c1cc2n(n1)-c1cc(C)ccc1OCC2F. The number of hydrogen-bond acceptors (Lipinski definition) is 4. The summed E-state index contributed by atoms with van der Waals surface area (Å²) >= 11 is 0. The summed E-state index contributed by atoms with van der Waals surface area (Å²) in [5.74, 6) is -0.0131. The van der Waals surface area contributed by atoms with E-state index in [0.717, 1.165) is 5.56 Å². The van der Waals surface area contributed by atoms with Crippen LogP contribution in [0, 0.1) is 6.92 Å². The first-order valence-corrected chi connectivity index (χ1v) is 7.75. The van der Waals surface area contributed by atoms with Crippen molar-refractivity contribution in [3.8, 4) is 11.4 Å². The molecule has 0 amide bonds. The van der Waals surface area contributed by atoms with E-state index in [1.165, 1.54) is 10.7 Å². The molecule has 3 rings (SSSR count). The quantitative estimate of drug-likeness (QED) is 0.790. The number of hydrogen-bond donors (Lipinski definition) is 0. The van der Waals surface area contributed by atoms with Gasteiger partial charge in [-0.2, -0.15) is 5.10 Å². The van der Waals surface area contributed by atoms with Crippen LogP contribution in [0.1, 0.15) is 48.7 Å². The summed E-state index contributed by atoms with van der Waals surface area (Å²) in [5, 5.41) is 4.18. The minimum Gasteiger partial charge on any atom is -0.488 e. The Morgan fingerprint density at radius 2 is 2.17 bits per heavy atom. The number of benzene rings is 1. The lowest BCUT2D eigenvalue weighted by atomic mass is 10.2. The highest BCUT2D eigenvalue weighted by Crippen LogP contribution is 2.33. The van der Waals surface area contributed by atoms with Crippen LogP contribution in [0.3, 0.4) is 0 Å². The number of halogens is 1. The molecule has 6 heteroatoms. The van der Waals surface area contributed by atoms with E-state index in [9.17, 15) is 9.18 Å². The minimum absolute atomic E-state index is 0.101. The van der Waals surface area contributed by atoms with Crippen LogP contribution >= 0.6 is 0 Å². The average Bonchev–Trinajstić information content (AvgIpc) is 2.96. The van der Waals surface area contributed by atoms with E-state index in [4.69, 9.17) is 9.47 Å². The molecule has 1 aromatic heterocycles. The molecule has 124 valence electrons. The van der Waals surface area contributed by atoms with E-state index in [0.29, 0.717) is 17.1 Å². The molecule has 5 nitrogen and oxygen atoms in total. The van der Waals surface area contributed by atoms with Crippen LogP contribution in [0.5, 0.6) is 5.75 Å². The second kappa shape index (κ2) is 7.26. The summed E-state index contributed by atoms with van der Waals surface area (Å²) in [6, 6.07) is 6.92. The predicted octanol–water partition coefficient (Wildman–Crippen LogP) is 3.79. The van der Waals surface area contributed by atoms with Crippen molar-refractivity contribution in [2.24, 2.45) is 0 Å². The minimum atomic E-state index is -1.35. The van der Waals surface area contributed by atoms with Gasteiger partial charge in [0.1, 0.15) is 18.0 Å². The molecule has 1 aliphatic heterocycles. The molecule has 0 radical (unpaired) electrons. The van der Waals surface area contributed by atoms with E-state index in [1.807, 2.05) is 32.9 Å². The third-order valence-electron chi connectivity index (χ3n) is 3.27. The van der Waals surface area contributed by atoms with Crippen molar-refractivity contribution in [3.63, 3.8) is 0 Å². The lowest BCUT2D eigenvalue weighted by molar-refractivity contribution is 0.0519. The fourth-order valence-electron chi connectivity index (χ4n) is 2.28. The maximum Gasteiger partial charge on any atom is 0.358 e. The molecule has 0 saturated heterocycles. The van der Waals surface area contributed by atoms with Gasteiger partial charge in [0.2, 0.25) is 0 Å². The molecule has 1 atom stereocenters. The zero-order valence-electron chi connectivity index (χ0n) is 13.8. The van der Waals surface area contributed by atoms with Crippen LogP contribution in [0.25, 0.3) is 5.69 Å². The normalized spacial score (nSPS) is 15.3. The van der Waals surface area contributed by atoms with Crippen molar-refractivity contribution < 1.29 is 18.7 Å². The first-order chi connectivity index (χ1) is 11.1. The van der Waals surface area contributed by atoms with E-state index in [2.05, 4.69) is 5.10 Å². The van der Waals surface area contributed by atoms with Gasteiger partial charge in [0.15, 0.2) is 11.9 Å². The molecular weight excluding hydrogens is 299 g/mol. The van der Waals surface area contributed by atoms with Gasteiger partial charge in [-0.1, -0.05) is 19.9 Å². The summed E-state index contributed by atoms with van der Waals surface area (Å²) < 4.78 is 26.0. The van der Waals surface area contributed by atoms with Gasteiger partial charge in [0.25, 0.3) is 0 Å². The van der Waals surface area contributed by atoms with Gasteiger partial charge >= 0.3 is 5.97 Å². The van der Waals surface area contributed by atoms with Gasteiger partial charge in [0, 0.05) is 0 Å². The zero-order chi connectivity index (χ0) is 17.0. The van der Waals surface area contributed by atoms with Crippen LogP contribution < -0.4 is 4.74 Å². The van der Waals surface area contributed by atoms with Crippen LogP contribution in [0.2, 0.25) is 0 Å². The van der Waals surface area contributed by atoms with Crippen molar-refractivity contribution in [1.29, 1.82) is 0 Å². The Morgan fingerprint density at radius 3 is 2.87 bits per heavy atom. The number of nitrogens with zero attached hydrogens (tertiary/aromatic N) is 2. The summed E-state index contributed by atoms with van der Waals surface area (Å²) in [5.41, 5.74) is 2.01. The maximum atomic E-state index is 14.2. The van der Waals surface area contributed by atoms with Crippen molar-refractivity contribution in [1.82, 2.24) is 9.78 Å². The van der Waals surface area contributed by atoms with Crippen LogP contribution in [-0.2, 0) is 4.74 Å². The van der Waals surface area contributed by atoms with Gasteiger partial charge < -0.3 is 9.47 Å². The van der Waals surface area contributed by atoms with Gasteiger partial charge in [-0.05, 0) is 37.6 Å². The molecule has 2 heterocycles. The highest BCUT2D eigenvalue weighted by molar-refractivity contribution is 5.87. The molecule has 1 aliphatic rings. The fourth-order valence-corrected chi connectivity index (χ4v) is 2.28. The maximum absolute atomic E-state index is 14.2. The number of carbonyl (C=O) groups is 1. The largest absolute Gasteiger partial charge is 0.488 e. The zero-order valence-corrected chi connectivity index (χ0v) is 13.8. The van der Waals surface area contributed by atoms with Crippen molar-refractivity contribution in [3.05, 3.63) is 41.2 Å². The Labute approximate surface area is 135 Å². The molecule has 0 saturated carbocycles. The standard InChI is InChI=1S/C15H15FN2O3.C2H6/c1-3-20-15(19)11-7-12-10(16)8-21-14-5-4-9(2)6-13(14)18(12)17-11;1-2/h4-7,10H,3,8H2,1-2H3;1-2H3. The summed E-state index contributed by atoms with van der Waals surface area (Å²) in [6.45, 7) is 7.78. The second-order valence-electron chi connectivity index (χ2n) is 4.84. The topological polar surface area (TPSA) is 53.4 Å². The number of fused-ring (bicyclic) bond motifs is 3. The molecular formula is C17H21FN2O3. The highest BCUT2D eigenvalue weighted by Gasteiger charge is 2.27. The third-order valence-corrected chi connectivity index (χ3v) is 3.27. The number of ether oxygens (including phenoxy) is 2. The first-order valence-electron chi connectivity index (χ1n) is 7.75. The lowest BCUT2D eigenvalue weighted by Gasteiger charge is -2.08. The third kappa shape index (κ3) is 3.36. The Kier molecular flexibility index (Phi) is 5.36. The molecule has 23 heavy (non-hydrogen) atoms. The van der Waals surface area contributed by atoms with E-state index in [-0.39, 0.29) is 18.9 Å². The van der Waals surface area contributed by atoms with Gasteiger partial charge in [-0.25, -0.2) is 13.9 Å². The van der Waals surface area contributed by atoms with Crippen molar-refractivity contribution >= 4 is 5.97 Å². The van der Waals surface area contributed by atoms with Crippen molar-refractivity contribution in [2.45, 2.75) is 33.9 Å². The van der Waals surface area contributed by atoms with E-state index < -0.39 is 12.1 Å². The highest BCUT2D eigenvalue weighted by atomic mass is 19.1. The number of aryl methyl sites for hydroxylation is 1. The molecule has 0 bridgehead atoms. The molecule has 1 aromatic carbocycles. The summed E-state index contributed by atoms with van der Waals surface area (Å²) in [7, 11) is 0. The van der Waals surface area contributed by atoms with E-state index >= 15 is 0 Å². The molecule has 2 aromatic rings. The molecule has 0 fully saturated rings. The first kappa shape index (κ1) is 17.0. The molecule has 0 spiro atoms. The Balaban J connectivity index is 0.000000924. The number of carbonyl (C=O) groups excluding carboxylic acids is 1. The summed E-state index contributed by atoms with van der Waals surface area (Å²) in [4.78, 5) is 11.8. The van der Waals surface area contributed by atoms with Crippen LogP contribution in [-0.4, -0.2) is 29.0 Å². The predicted molar refractivity (Wildman–Crippen MR) is 84.9 cm³/mol. The van der Waals surface area contributed by atoms with Gasteiger partial charge in [0.05, 0.1) is 12.3 Å². The van der Waals surface area contributed by atoms with Crippen molar-refractivity contribution in [2.75, 3.05) is 13.2 Å². The average molecular weight is 320 g/mol. The number of esters is 1. The monoisotopic (exact) mass is 320 g/mol. The summed E-state index contributed by atoms with van der Waals surface area (Å²) in [6.07, 6.45) is -1.35. The number of aromatic nitrogens is 2. The Morgan fingerprint density at radius 1 is 1.43 bits per heavy atom. The second-order valence-corrected chi connectivity index (χ2v) is 4.84. The fraction of sp³-hybridized carbons (Fsp3) is 0.412. The Bertz CT molecular complexity index is 697. The van der Waals surface area contributed by atoms with Crippen LogP contribution in [0.15, 0.2) is 24.3 Å². The smallest absolute Gasteiger partial charge is 0.358 e.